The van der Waals surface area contributed by atoms with Crippen LogP contribution in [0.2, 0.25) is 0 Å². The van der Waals surface area contributed by atoms with Crippen molar-refractivity contribution in [3.63, 3.8) is 0 Å². The molecule has 0 spiro atoms. The van der Waals surface area contributed by atoms with Gasteiger partial charge in [0.25, 0.3) is 0 Å². The van der Waals surface area contributed by atoms with Crippen LogP contribution < -0.4 is 5.32 Å². The molecule has 1 unspecified atom stereocenters. The van der Waals surface area contributed by atoms with E-state index >= 15 is 0 Å². The Labute approximate surface area is 120 Å². The summed E-state index contributed by atoms with van der Waals surface area (Å²) >= 11 is 0. The van der Waals surface area contributed by atoms with E-state index in [9.17, 15) is 13.2 Å². The molecule has 1 amide bonds. The van der Waals surface area contributed by atoms with Crippen molar-refractivity contribution in [1.29, 1.82) is 0 Å². The molecule has 20 heavy (non-hydrogen) atoms. The molecule has 1 aliphatic heterocycles. The molecule has 1 aromatic carbocycles. The van der Waals surface area contributed by atoms with Gasteiger partial charge in [-0.15, -0.1) is 0 Å². The number of hydrogen-bond acceptors (Lipinski definition) is 3. The van der Waals surface area contributed by atoms with Crippen molar-refractivity contribution in [3.8, 4) is 0 Å². The lowest BCUT2D eigenvalue weighted by Crippen LogP contribution is -2.41. The molecule has 1 fully saturated rings. The number of hydrogen-bond donors (Lipinski definition) is 1. The van der Waals surface area contributed by atoms with Gasteiger partial charge in [-0.2, -0.15) is 0 Å². The fourth-order valence-corrected chi connectivity index (χ4v) is 4.48. The second-order valence-electron chi connectivity index (χ2n) is 6.01. The Kier molecular flexibility index (Phi) is 4.18. The van der Waals surface area contributed by atoms with E-state index in [1.54, 1.807) is 0 Å². The summed E-state index contributed by atoms with van der Waals surface area (Å²) in [6, 6.07) is 9.75. The Hall–Kier alpha value is -1.36. The third-order valence-electron chi connectivity index (χ3n) is 3.75. The Morgan fingerprint density at radius 2 is 1.95 bits per heavy atom. The quantitative estimate of drug-likeness (QED) is 0.922. The SMILES string of the molecule is CC(C)(NC(=O)CC1CCS(=O)(=O)C1)c1ccccc1. The van der Waals surface area contributed by atoms with Crippen molar-refractivity contribution in [2.75, 3.05) is 11.5 Å². The van der Waals surface area contributed by atoms with Crippen LogP contribution in [0.5, 0.6) is 0 Å². The first-order valence-electron chi connectivity index (χ1n) is 6.85. The first-order chi connectivity index (χ1) is 9.28. The van der Waals surface area contributed by atoms with Crippen molar-refractivity contribution in [2.24, 2.45) is 5.92 Å². The van der Waals surface area contributed by atoms with E-state index in [0.29, 0.717) is 6.42 Å². The van der Waals surface area contributed by atoms with Gasteiger partial charge in [0.1, 0.15) is 0 Å². The maximum Gasteiger partial charge on any atom is 0.220 e. The molecule has 2 rings (SSSR count). The molecule has 1 atom stereocenters. The smallest absolute Gasteiger partial charge is 0.220 e. The summed E-state index contributed by atoms with van der Waals surface area (Å²) in [6.45, 7) is 3.90. The minimum absolute atomic E-state index is 0.0356. The Morgan fingerprint density at radius 3 is 2.50 bits per heavy atom. The molecule has 0 saturated carbocycles. The first-order valence-corrected chi connectivity index (χ1v) is 8.68. The van der Waals surface area contributed by atoms with Crippen LogP contribution in [-0.2, 0) is 20.2 Å². The van der Waals surface area contributed by atoms with Crippen LogP contribution in [0.4, 0.5) is 0 Å². The van der Waals surface area contributed by atoms with Gasteiger partial charge >= 0.3 is 0 Å². The zero-order chi connectivity index (χ0) is 14.8. The van der Waals surface area contributed by atoms with Gasteiger partial charge in [0.2, 0.25) is 5.91 Å². The molecule has 1 aliphatic rings. The minimum atomic E-state index is -2.92. The molecule has 0 aliphatic carbocycles. The average Bonchev–Trinajstić information content (AvgIpc) is 2.69. The van der Waals surface area contributed by atoms with E-state index in [0.717, 1.165) is 5.56 Å². The van der Waals surface area contributed by atoms with Gasteiger partial charge < -0.3 is 5.32 Å². The van der Waals surface area contributed by atoms with Crippen molar-refractivity contribution in [3.05, 3.63) is 35.9 Å². The molecule has 0 aromatic heterocycles. The fourth-order valence-electron chi connectivity index (χ4n) is 2.62. The van der Waals surface area contributed by atoms with Crippen molar-refractivity contribution >= 4 is 15.7 Å². The van der Waals surface area contributed by atoms with Gasteiger partial charge in [-0.3, -0.25) is 4.79 Å². The number of benzene rings is 1. The van der Waals surface area contributed by atoms with E-state index in [2.05, 4.69) is 5.32 Å². The minimum Gasteiger partial charge on any atom is -0.347 e. The summed E-state index contributed by atoms with van der Waals surface area (Å²) in [6.07, 6.45) is 0.886. The molecule has 0 radical (unpaired) electrons. The van der Waals surface area contributed by atoms with Crippen LogP contribution in [0.25, 0.3) is 0 Å². The third kappa shape index (κ3) is 3.82. The summed E-state index contributed by atoms with van der Waals surface area (Å²) in [5.74, 6) is 0.242. The maximum atomic E-state index is 12.1. The van der Waals surface area contributed by atoms with Crippen LogP contribution >= 0.6 is 0 Å². The lowest BCUT2D eigenvalue weighted by molar-refractivity contribution is -0.123. The lowest BCUT2D eigenvalue weighted by Gasteiger charge is -2.27. The standard InChI is InChI=1S/C15H21NO3S/c1-15(2,13-6-4-3-5-7-13)16-14(17)10-12-8-9-20(18,19)11-12/h3-7,12H,8-11H2,1-2H3,(H,16,17). The van der Waals surface area contributed by atoms with Gasteiger partial charge in [-0.05, 0) is 31.7 Å². The molecule has 1 heterocycles. The molecule has 0 bridgehead atoms. The Bertz CT molecular complexity index is 578. The van der Waals surface area contributed by atoms with Gasteiger partial charge in [0.15, 0.2) is 9.84 Å². The van der Waals surface area contributed by atoms with E-state index in [1.807, 2.05) is 44.2 Å². The predicted molar refractivity (Wildman–Crippen MR) is 79.0 cm³/mol. The predicted octanol–water partition coefficient (Wildman–Crippen LogP) is 1.86. The van der Waals surface area contributed by atoms with Crippen molar-refractivity contribution in [2.45, 2.75) is 32.2 Å². The highest BCUT2D eigenvalue weighted by Gasteiger charge is 2.31. The highest BCUT2D eigenvalue weighted by atomic mass is 32.2. The number of rotatable bonds is 4. The van der Waals surface area contributed by atoms with Crippen LogP contribution in [0, 0.1) is 5.92 Å². The first kappa shape index (κ1) is 15.0. The van der Waals surface area contributed by atoms with Crippen molar-refractivity contribution < 1.29 is 13.2 Å². The van der Waals surface area contributed by atoms with Gasteiger partial charge in [0, 0.05) is 6.42 Å². The summed E-state index contributed by atoms with van der Waals surface area (Å²) in [5.41, 5.74) is 0.586. The molecule has 4 nitrogen and oxygen atoms in total. The second kappa shape index (κ2) is 5.56. The topological polar surface area (TPSA) is 63.2 Å². The van der Waals surface area contributed by atoms with E-state index < -0.39 is 15.4 Å². The summed E-state index contributed by atoms with van der Waals surface area (Å²) in [4.78, 5) is 12.1. The number of sulfone groups is 1. The molecule has 1 aromatic rings. The normalized spacial score (nSPS) is 21.6. The monoisotopic (exact) mass is 295 g/mol. The van der Waals surface area contributed by atoms with Crippen LogP contribution in [0.15, 0.2) is 30.3 Å². The number of nitrogens with one attached hydrogen (secondary N) is 1. The summed E-state index contributed by atoms with van der Waals surface area (Å²) in [5, 5.41) is 2.99. The second-order valence-corrected chi connectivity index (χ2v) is 8.24. The lowest BCUT2D eigenvalue weighted by atomic mass is 9.93. The zero-order valence-electron chi connectivity index (χ0n) is 11.9. The summed E-state index contributed by atoms with van der Waals surface area (Å²) < 4.78 is 22.8. The van der Waals surface area contributed by atoms with Crippen LogP contribution in [-0.4, -0.2) is 25.8 Å². The van der Waals surface area contributed by atoms with Crippen molar-refractivity contribution in [1.82, 2.24) is 5.32 Å². The molecule has 110 valence electrons. The van der Waals surface area contributed by atoms with Crippen LogP contribution in [0.3, 0.4) is 0 Å². The molecular formula is C15H21NO3S. The van der Waals surface area contributed by atoms with E-state index in [-0.39, 0.29) is 29.8 Å². The zero-order valence-corrected chi connectivity index (χ0v) is 12.7. The third-order valence-corrected chi connectivity index (χ3v) is 5.59. The molecule has 1 N–H and O–H groups in total. The Balaban J connectivity index is 1.95. The summed E-state index contributed by atoms with van der Waals surface area (Å²) in [7, 11) is -2.92. The van der Waals surface area contributed by atoms with E-state index in [4.69, 9.17) is 0 Å². The highest BCUT2D eigenvalue weighted by Crippen LogP contribution is 2.23. The number of amides is 1. The molecule has 1 saturated heterocycles. The Morgan fingerprint density at radius 1 is 1.30 bits per heavy atom. The van der Waals surface area contributed by atoms with Gasteiger partial charge in [-0.1, -0.05) is 30.3 Å². The van der Waals surface area contributed by atoms with Gasteiger partial charge in [-0.25, -0.2) is 8.42 Å². The number of carbonyl (C=O) groups excluding carboxylic acids is 1. The highest BCUT2D eigenvalue weighted by molar-refractivity contribution is 7.91. The largest absolute Gasteiger partial charge is 0.347 e. The fraction of sp³-hybridized carbons (Fsp3) is 0.533. The maximum absolute atomic E-state index is 12.1. The van der Waals surface area contributed by atoms with Gasteiger partial charge in [0.05, 0.1) is 17.0 Å². The van der Waals surface area contributed by atoms with E-state index in [1.165, 1.54) is 0 Å². The number of carbonyl (C=O) groups is 1. The van der Waals surface area contributed by atoms with Crippen LogP contribution in [0.1, 0.15) is 32.3 Å². The average molecular weight is 295 g/mol. The molecule has 5 heteroatoms. The molecular weight excluding hydrogens is 274 g/mol.